The molecule has 0 unspecified atom stereocenters. The molecule has 0 aromatic heterocycles. The molecule has 2 rings (SSSR count). The predicted molar refractivity (Wildman–Crippen MR) is 61.6 cm³/mol. The van der Waals surface area contributed by atoms with Crippen LogP contribution in [0.2, 0.25) is 0 Å². The second-order valence-electron chi connectivity index (χ2n) is 2.63. The summed E-state index contributed by atoms with van der Waals surface area (Å²) in [6.07, 6.45) is 4.03. The molecule has 0 radical (unpaired) electrons. The van der Waals surface area contributed by atoms with E-state index < -0.39 is 11.2 Å². The number of thiol groups is 2. The van der Waals surface area contributed by atoms with Gasteiger partial charge in [-0.05, 0) is 35.1 Å². The lowest BCUT2D eigenvalue weighted by molar-refractivity contribution is 0.644. The minimum Gasteiger partial charge on any atom is -0.444 e. The zero-order chi connectivity index (χ0) is 9.10. The van der Waals surface area contributed by atoms with Crippen molar-refractivity contribution in [1.82, 2.24) is 0 Å². The van der Waals surface area contributed by atoms with Gasteiger partial charge in [0.15, 0.2) is 0 Å². The van der Waals surface area contributed by atoms with Crippen LogP contribution in [-0.2, 0) is 0 Å². The molecule has 0 amide bonds. The summed E-state index contributed by atoms with van der Waals surface area (Å²) in [7, 11) is 0. The molecule has 13 heavy (non-hydrogen) atoms. The van der Waals surface area contributed by atoms with E-state index in [1.54, 1.807) is 0 Å². The number of hydrogen-bond acceptors (Lipinski definition) is 2. The topological polar surface area (TPSA) is 9.23 Å². The van der Waals surface area contributed by atoms with E-state index in [1.165, 1.54) is 0 Å². The minimum atomic E-state index is -0.517. The summed E-state index contributed by atoms with van der Waals surface area (Å²) in [5.74, 6) is 0.903. The maximum atomic E-state index is 5.69. The first kappa shape index (κ1) is 8.78. The Hall–Kier alpha value is -0.800. The molecule has 0 aliphatic carbocycles. The first-order valence-corrected chi connectivity index (χ1v) is 5.79. The summed E-state index contributed by atoms with van der Waals surface area (Å²) in [5.41, 5.74) is 0. The monoisotopic (exact) mass is 210 g/mol. The second kappa shape index (κ2) is 3.94. The minimum absolute atomic E-state index is 0.517. The normalized spacial score (nSPS) is 16.5. The van der Waals surface area contributed by atoms with Crippen molar-refractivity contribution in [2.45, 2.75) is 4.90 Å². The average molecular weight is 210 g/mol. The molecule has 1 aromatic rings. The lowest BCUT2D eigenvalue weighted by Crippen LogP contribution is -1.83. The standard InChI is InChI=1S/C10H10OS2/c12-10-5-3-9(4-6-10)11-13-7-1-2-8-13/h1-8,12-13H. The molecule has 0 N–H and O–H groups in total. The quantitative estimate of drug-likeness (QED) is 0.712. The highest BCUT2D eigenvalue weighted by atomic mass is 32.2. The van der Waals surface area contributed by atoms with Crippen LogP contribution in [0.15, 0.2) is 52.1 Å². The Morgan fingerprint density at radius 3 is 2.23 bits per heavy atom. The summed E-state index contributed by atoms with van der Waals surface area (Å²) in [6, 6.07) is 7.73. The van der Waals surface area contributed by atoms with Crippen molar-refractivity contribution in [3.05, 3.63) is 47.2 Å². The molecular weight excluding hydrogens is 200 g/mol. The van der Waals surface area contributed by atoms with Crippen LogP contribution in [0.25, 0.3) is 0 Å². The molecule has 1 aliphatic rings. The number of benzene rings is 1. The Kier molecular flexibility index (Phi) is 2.66. The summed E-state index contributed by atoms with van der Waals surface area (Å²) in [4.78, 5) is 0.956. The smallest absolute Gasteiger partial charge is 0.135 e. The molecule has 0 fully saturated rings. The van der Waals surface area contributed by atoms with Gasteiger partial charge in [0.1, 0.15) is 5.75 Å². The zero-order valence-electron chi connectivity index (χ0n) is 6.92. The third-order valence-electron chi connectivity index (χ3n) is 1.62. The molecule has 1 aromatic carbocycles. The number of rotatable bonds is 2. The van der Waals surface area contributed by atoms with Crippen LogP contribution in [0, 0.1) is 0 Å². The van der Waals surface area contributed by atoms with Gasteiger partial charge in [-0.15, -0.1) is 12.6 Å². The van der Waals surface area contributed by atoms with Crippen LogP contribution in [0.3, 0.4) is 0 Å². The maximum absolute atomic E-state index is 5.69. The highest BCUT2D eigenvalue weighted by molar-refractivity contribution is 8.18. The second-order valence-corrected chi connectivity index (χ2v) is 4.64. The van der Waals surface area contributed by atoms with Crippen molar-refractivity contribution in [2.75, 3.05) is 0 Å². The first-order chi connectivity index (χ1) is 6.34. The fraction of sp³-hybridized carbons (Fsp3) is 0. The van der Waals surface area contributed by atoms with Gasteiger partial charge in [-0.1, -0.05) is 23.3 Å². The SMILES string of the molecule is Sc1ccc(O[SH]2C=CC=C2)cc1. The lowest BCUT2D eigenvalue weighted by Gasteiger charge is -2.12. The molecule has 0 bridgehead atoms. The molecule has 0 saturated carbocycles. The summed E-state index contributed by atoms with van der Waals surface area (Å²) < 4.78 is 5.69. The Balaban J connectivity index is 2.05. The lowest BCUT2D eigenvalue weighted by atomic mass is 10.3. The number of allylic oxidation sites excluding steroid dienone is 2. The van der Waals surface area contributed by atoms with Gasteiger partial charge in [-0.3, -0.25) is 0 Å². The maximum Gasteiger partial charge on any atom is 0.135 e. The molecule has 0 atom stereocenters. The van der Waals surface area contributed by atoms with Gasteiger partial charge in [-0.25, -0.2) is 0 Å². The third kappa shape index (κ3) is 2.32. The summed E-state index contributed by atoms with van der Waals surface area (Å²) in [5, 5.41) is 4.15. The Morgan fingerprint density at radius 1 is 1.00 bits per heavy atom. The van der Waals surface area contributed by atoms with Gasteiger partial charge < -0.3 is 4.18 Å². The van der Waals surface area contributed by atoms with E-state index in [0.717, 1.165) is 10.6 Å². The van der Waals surface area contributed by atoms with Crippen LogP contribution in [0.4, 0.5) is 0 Å². The van der Waals surface area contributed by atoms with E-state index in [0.29, 0.717) is 0 Å². The molecule has 1 heterocycles. The van der Waals surface area contributed by atoms with Crippen molar-refractivity contribution < 1.29 is 4.18 Å². The van der Waals surface area contributed by atoms with E-state index in [-0.39, 0.29) is 0 Å². The molecular formula is C10H10OS2. The average Bonchev–Trinajstić information content (AvgIpc) is 2.62. The van der Waals surface area contributed by atoms with Gasteiger partial charge in [-0.2, -0.15) is 0 Å². The van der Waals surface area contributed by atoms with Crippen LogP contribution in [0.5, 0.6) is 5.75 Å². The largest absolute Gasteiger partial charge is 0.444 e. The molecule has 0 spiro atoms. The van der Waals surface area contributed by atoms with E-state index >= 15 is 0 Å². The predicted octanol–water partition coefficient (Wildman–Crippen LogP) is 3.31. The van der Waals surface area contributed by atoms with Crippen molar-refractivity contribution >= 4 is 23.8 Å². The molecule has 0 saturated heterocycles. The van der Waals surface area contributed by atoms with Crippen LogP contribution in [-0.4, -0.2) is 0 Å². The van der Waals surface area contributed by atoms with Gasteiger partial charge in [0.05, 0.1) is 0 Å². The van der Waals surface area contributed by atoms with Crippen molar-refractivity contribution in [3.63, 3.8) is 0 Å². The van der Waals surface area contributed by atoms with Gasteiger partial charge >= 0.3 is 0 Å². The van der Waals surface area contributed by atoms with Crippen molar-refractivity contribution in [1.29, 1.82) is 0 Å². The van der Waals surface area contributed by atoms with E-state index in [9.17, 15) is 0 Å². The summed E-state index contributed by atoms with van der Waals surface area (Å²) in [6.45, 7) is 0. The highest BCUT2D eigenvalue weighted by Gasteiger charge is 2.00. The van der Waals surface area contributed by atoms with Crippen LogP contribution in [0.1, 0.15) is 0 Å². The first-order valence-electron chi connectivity index (χ1n) is 3.95. The third-order valence-corrected chi connectivity index (χ3v) is 3.28. The highest BCUT2D eigenvalue weighted by Crippen LogP contribution is 2.35. The Morgan fingerprint density at radius 2 is 1.62 bits per heavy atom. The van der Waals surface area contributed by atoms with Gasteiger partial charge in [0, 0.05) is 4.90 Å². The van der Waals surface area contributed by atoms with Crippen LogP contribution >= 0.6 is 23.8 Å². The van der Waals surface area contributed by atoms with E-state index in [1.807, 2.05) is 36.4 Å². The number of hydrogen-bond donors (Lipinski definition) is 2. The van der Waals surface area contributed by atoms with E-state index in [4.69, 9.17) is 4.18 Å². The summed E-state index contributed by atoms with van der Waals surface area (Å²) >= 11 is 3.69. The van der Waals surface area contributed by atoms with Gasteiger partial charge in [0.25, 0.3) is 0 Å². The van der Waals surface area contributed by atoms with Gasteiger partial charge in [0.2, 0.25) is 0 Å². The van der Waals surface area contributed by atoms with E-state index in [2.05, 4.69) is 23.4 Å². The fourth-order valence-corrected chi connectivity index (χ4v) is 2.28. The Bertz CT molecular complexity index is 328. The molecule has 1 nitrogen and oxygen atoms in total. The fourth-order valence-electron chi connectivity index (χ4n) is 1.01. The molecule has 68 valence electrons. The molecule has 3 heteroatoms. The molecule has 1 aliphatic heterocycles. The zero-order valence-corrected chi connectivity index (χ0v) is 8.71. The Labute approximate surface area is 86.1 Å². The van der Waals surface area contributed by atoms with Crippen molar-refractivity contribution in [2.24, 2.45) is 0 Å². The van der Waals surface area contributed by atoms with Crippen molar-refractivity contribution in [3.8, 4) is 5.75 Å². The van der Waals surface area contributed by atoms with Crippen LogP contribution < -0.4 is 4.18 Å².